The number of amides is 5. The maximum atomic E-state index is 14.8. The van der Waals surface area contributed by atoms with Gasteiger partial charge in [-0.25, -0.2) is 14.4 Å². The van der Waals surface area contributed by atoms with Gasteiger partial charge in [0.1, 0.15) is 25.9 Å². The predicted octanol–water partition coefficient (Wildman–Crippen LogP) is 15.3. The van der Waals surface area contributed by atoms with E-state index in [0.29, 0.717) is 57.8 Å². The number of carboxylic acids is 1. The summed E-state index contributed by atoms with van der Waals surface area (Å²) in [5, 5.41) is 24.8. The Balaban J connectivity index is 0.807. The molecule has 3 aliphatic rings. The van der Waals surface area contributed by atoms with Crippen LogP contribution in [0, 0.1) is 11.8 Å². The number of aliphatic carboxylic acids is 1. The highest BCUT2D eigenvalue weighted by molar-refractivity contribution is 5.96. The second kappa shape index (κ2) is 36.8. The first-order chi connectivity index (χ1) is 47.3. The highest BCUT2D eigenvalue weighted by Gasteiger charge is 2.36. The van der Waals surface area contributed by atoms with Crippen LogP contribution in [0.25, 0.3) is 33.4 Å². The van der Waals surface area contributed by atoms with Gasteiger partial charge in [0, 0.05) is 49.6 Å². The summed E-state index contributed by atoms with van der Waals surface area (Å²) in [6.45, 7) is 6.91. The lowest BCUT2D eigenvalue weighted by molar-refractivity contribution is -0.144. The van der Waals surface area contributed by atoms with Crippen LogP contribution in [0.1, 0.15) is 200 Å². The van der Waals surface area contributed by atoms with Crippen molar-refractivity contribution in [1.29, 1.82) is 0 Å². The lowest BCUT2D eigenvalue weighted by Crippen LogP contribution is -2.52. The van der Waals surface area contributed by atoms with E-state index in [0.717, 1.165) is 105 Å². The van der Waals surface area contributed by atoms with Crippen LogP contribution in [-0.4, -0.2) is 104 Å². The van der Waals surface area contributed by atoms with Gasteiger partial charge >= 0.3 is 24.2 Å². The highest BCUT2D eigenvalue weighted by atomic mass is 16.6. The molecule has 5 amide bonds. The van der Waals surface area contributed by atoms with Crippen LogP contribution in [0.15, 0.2) is 146 Å². The molecule has 0 bridgehead atoms. The van der Waals surface area contributed by atoms with Crippen molar-refractivity contribution in [2.75, 3.05) is 32.9 Å². The first-order valence-corrected chi connectivity index (χ1v) is 35.5. The molecule has 0 aromatic heterocycles. The van der Waals surface area contributed by atoms with Crippen molar-refractivity contribution in [3.63, 3.8) is 0 Å². The van der Waals surface area contributed by atoms with Crippen LogP contribution in [0.5, 0.6) is 0 Å². The number of hydrogen-bond acceptors (Lipinski definition) is 11. The third-order valence-electron chi connectivity index (χ3n) is 19.5. The molecule has 0 heterocycles. The first-order valence-electron chi connectivity index (χ1n) is 35.5. The summed E-state index contributed by atoms with van der Waals surface area (Å²) in [6, 6.07) is 45.2. The summed E-state index contributed by atoms with van der Waals surface area (Å²) in [5.74, 6) is -5.29. The van der Waals surface area contributed by atoms with E-state index in [1.54, 1.807) is 0 Å². The van der Waals surface area contributed by atoms with Crippen molar-refractivity contribution in [2.45, 2.75) is 185 Å². The molecule has 6 aromatic rings. The second-order valence-corrected chi connectivity index (χ2v) is 26.2. The molecule has 0 fully saturated rings. The number of ketones is 2. The van der Waals surface area contributed by atoms with E-state index < -0.39 is 71.8 Å². The Bertz CT molecular complexity index is 3530. The average molecular weight is 1320 g/mol. The van der Waals surface area contributed by atoms with Gasteiger partial charge in [-0.2, -0.15) is 0 Å². The van der Waals surface area contributed by atoms with Crippen LogP contribution < -0.4 is 26.6 Å². The minimum Gasteiger partial charge on any atom is -0.481 e. The highest BCUT2D eigenvalue weighted by Crippen LogP contribution is 2.47. The molecule has 6 aromatic carbocycles. The van der Waals surface area contributed by atoms with E-state index in [1.807, 2.05) is 118 Å². The van der Waals surface area contributed by atoms with Crippen molar-refractivity contribution in [1.82, 2.24) is 26.6 Å². The van der Waals surface area contributed by atoms with Crippen LogP contribution in [0.4, 0.5) is 14.4 Å². The fourth-order valence-corrected chi connectivity index (χ4v) is 14.2. The lowest BCUT2D eigenvalue weighted by atomic mass is 9.89. The molecular weight excluding hydrogens is 1220 g/mol. The molecule has 3 aliphatic carbocycles. The molecule has 6 N–H and O–H groups in total. The van der Waals surface area contributed by atoms with E-state index in [2.05, 4.69) is 75.1 Å². The van der Waals surface area contributed by atoms with Gasteiger partial charge in [0.05, 0.1) is 18.0 Å². The summed E-state index contributed by atoms with van der Waals surface area (Å²) in [5.41, 5.74) is 13.1. The normalized spacial score (nSPS) is 14.2. The van der Waals surface area contributed by atoms with E-state index in [9.17, 15) is 43.5 Å². The molecule has 0 saturated carbocycles. The maximum Gasteiger partial charge on any atom is 0.407 e. The Kier molecular flexibility index (Phi) is 27.4. The quantitative estimate of drug-likeness (QED) is 0.0155. The van der Waals surface area contributed by atoms with E-state index >= 15 is 0 Å². The summed E-state index contributed by atoms with van der Waals surface area (Å²) >= 11 is 0. The van der Waals surface area contributed by atoms with Crippen molar-refractivity contribution in [2.24, 2.45) is 11.8 Å². The zero-order valence-corrected chi connectivity index (χ0v) is 56.6. The third kappa shape index (κ3) is 19.6. The minimum absolute atomic E-state index is 0.0100. The fourth-order valence-electron chi connectivity index (χ4n) is 14.2. The van der Waals surface area contributed by atoms with Gasteiger partial charge < -0.3 is 45.9 Å². The first kappa shape index (κ1) is 72.2. The van der Waals surface area contributed by atoms with Crippen molar-refractivity contribution >= 4 is 47.6 Å². The van der Waals surface area contributed by atoms with Crippen molar-refractivity contribution in [3.8, 4) is 33.4 Å². The Labute approximate surface area is 571 Å². The smallest absolute Gasteiger partial charge is 0.407 e. The average Bonchev–Trinajstić information content (AvgIpc) is 1.64. The lowest BCUT2D eigenvalue weighted by Gasteiger charge is -2.26. The molecule has 17 nitrogen and oxygen atoms in total. The van der Waals surface area contributed by atoms with Crippen LogP contribution in [0.2, 0.25) is 0 Å². The zero-order valence-electron chi connectivity index (χ0n) is 56.6. The summed E-state index contributed by atoms with van der Waals surface area (Å²) in [7, 11) is 0. The molecule has 17 heteroatoms. The topological polar surface area (TPSA) is 245 Å². The van der Waals surface area contributed by atoms with Crippen molar-refractivity contribution < 1.29 is 57.7 Å². The van der Waals surface area contributed by atoms with Gasteiger partial charge in [-0.15, -0.1) is 0 Å². The largest absolute Gasteiger partial charge is 0.481 e. The molecule has 9 rings (SSSR count). The minimum atomic E-state index is -1.15. The standard InChI is InChI=1S/C80H97N5O12/c1-4-7-10-29-53(75(88)83-70(43-11-8-5-2)74(87)49-54(77(90)91)30-25-27-46-81-78(92)95-50-67-61-37-19-13-31-55(61)56-32-14-20-38-62(56)67)48-73(86)71(44-12-9-6-3)84-76(89)72(85-80(94)97-52-69-65-41-23-17-35-59(65)60-36-18-24-42-66(60)69)45-26-28-47-82-79(93)96-51-68-63-39-21-15-33-57(63)58-34-16-22-40-64(58)68/h13-24,31-42,53-54,67-72H,4-12,25-30,43-52H2,1-3H3,(H,81,92)(H,82,93)(H,83,88)(H,84,89)(H,85,94)(H,90,91). The summed E-state index contributed by atoms with van der Waals surface area (Å²) in [4.78, 5) is 111. The Morgan fingerprint density at radius 2 is 0.649 bits per heavy atom. The molecule has 0 spiro atoms. The number of Topliss-reactive ketones (excluding diaryl/α,β-unsaturated/α-hetero) is 2. The van der Waals surface area contributed by atoms with E-state index in [4.69, 9.17) is 14.2 Å². The Morgan fingerprint density at radius 3 is 1.02 bits per heavy atom. The monoisotopic (exact) mass is 1320 g/mol. The summed E-state index contributed by atoms with van der Waals surface area (Å²) < 4.78 is 17.4. The molecule has 5 atom stereocenters. The molecule has 0 saturated heterocycles. The van der Waals surface area contributed by atoms with Gasteiger partial charge in [-0.1, -0.05) is 231 Å². The van der Waals surface area contributed by atoms with Gasteiger partial charge in [0.15, 0.2) is 11.6 Å². The predicted molar refractivity (Wildman–Crippen MR) is 376 cm³/mol. The van der Waals surface area contributed by atoms with E-state index in [1.165, 1.54) is 0 Å². The zero-order chi connectivity index (χ0) is 68.5. The molecule has 5 unspecified atom stereocenters. The number of hydrogen-bond donors (Lipinski definition) is 6. The number of nitrogens with one attached hydrogen (secondary N) is 5. The summed E-state index contributed by atoms with van der Waals surface area (Å²) in [6.07, 6.45) is 7.13. The third-order valence-corrected chi connectivity index (χ3v) is 19.5. The number of rotatable bonds is 40. The number of alkyl carbamates (subject to hydrolysis) is 3. The van der Waals surface area contributed by atoms with Gasteiger partial charge in [-0.3, -0.25) is 24.0 Å². The Hall–Kier alpha value is -9.12. The number of carboxylic acid groups (broad SMARTS) is 1. The number of carbonyl (C=O) groups excluding carboxylic acids is 7. The number of benzene rings is 6. The second-order valence-electron chi connectivity index (χ2n) is 26.2. The number of ether oxygens (including phenoxy) is 3. The van der Waals surface area contributed by atoms with E-state index in [-0.39, 0.29) is 88.6 Å². The number of fused-ring (bicyclic) bond motifs is 9. The Morgan fingerprint density at radius 1 is 0.351 bits per heavy atom. The number of carbonyl (C=O) groups is 8. The molecule has 514 valence electrons. The van der Waals surface area contributed by atoms with Crippen LogP contribution in [-0.2, 0) is 38.2 Å². The molecule has 0 aliphatic heterocycles. The SMILES string of the molecule is CCCCCC(CC(=O)C(CCCCC)NC(=O)C(CCCCNC(=O)OCC1c2ccccc2-c2ccccc21)NC(=O)OCC1c2ccccc2-c2ccccc21)C(=O)NC(CCCCC)C(=O)CC(CCCCNC(=O)OCC1c2ccccc2-c2ccccc21)C(=O)O. The van der Waals surface area contributed by atoms with Crippen LogP contribution >= 0.6 is 0 Å². The van der Waals surface area contributed by atoms with Gasteiger partial charge in [-0.05, 0) is 118 Å². The van der Waals surface area contributed by atoms with Gasteiger partial charge in [0.25, 0.3) is 0 Å². The van der Waals surface area contributed by atoms with Crippen molar-refractivity contribution in [3.05, 3.63) is 179 Å². The van der Waals surface area contributed by atoms with Gasteiger partial charge in [0.2, 0.25) is 11.8 Å². The maximum absolute atomic E-state index is 14.8. The molecular formula is C80H97N5O12. The van der Waals surface area contributed by atoms with Crippen LogP contribution in [0.3, 0.4) is 0 Å². The fraction of sp³-hybridized carbons (Fsp3) is 0.450. The molecule has 97 heavy (non-hydrogen) atoms. The number of unbranched alkanes of at least 4 members (excludes halogenated alkanes) is 8. The molecule has 0 radical (unpaired) electrons.